The first-order valence-electron chi connectivity index (χ1n) is 8.82. The highest BCUT2D eigenvalue weighted by molar-refractivity contribution is 9.10. The van der Waals surface area contributed by atoms with Crippen LogP contribution >= 0.6 is 39.1 Å². The average molecular weight is 476 g/mol. The van der Waals surface area contributed by atoms with Crippen LogP contribution in [-0.2, 0) is 0 Å². The molecule has 1 heterocycles. The molecule has 0 bridgehead atoms. The molecule has 0 aliphatic carbocycles. The monoisotopic (exact) mass is 474 g/mol. The lowest BCUT2D eigenvalue weighted by Crippen LogP contribution is -2.33. The molecule has 0 unspecified atom stereocenters. The summed E-state index contributed by atoms with van der Waals surface area (Å²) in [7, 11) is 0. The van der Waals surface area contributed by atoms with Crippen molar-refractivity contribution >= 4 is 44.8 Å². The summed E-state index contributed by atoms with van der Waals surface area (Å²) in [4.78, 5) is 4.94. The fourth-order valence-electron chi connectivity index (χ4n) is 3.34. The van der Waals surface area contributed by atoms with Gasteiger partial charge in [-0.3, -0.25) is 10.3 Å². The van der Waals surface area contributed by atoms with Gasteiger partial charge in [0.2, 0.25) is 0 Å². The second-order valence-electron chi connectivity index (χ2n) is 6.66. The normalized spacial score (nSPS) is 19.3. The Balaban J connectivity index is 1.76. The van der Waals surface area contributed by atoms with Crippen molar-refractivity contribution in [3.63, 3.8) is 0 Å². The van der Waals surface area contributed by atoms with E-state index in [0.29, 0.717) is 16.5 Å². The van der Waals surface area contributed by atoms with Crippen molar-refractivity contribution in [2.24, 2.45) is 4.99 Å². The number of halogens is 3. The molecule has 142 valence electrons. The molecular weight excluding hydrogens is 459 g/mol. The standard InChI is InChI=1S/C22H17BrCl2N2O/c23-15-5-10-21(28)18(11-15)20-12-19(13-1-6-16(24)7-2-13)26-22(27-20)14-3-8-17(25)9-4-14/h1-11,20,22,27-28H,12H2/t20-,22+/m1/s1. The molecule has 0 spiro atoms. The van der Waals surface area contributed by atoms with E-state index in [1.54, 1.807) is 6.07 Å². The predicted molar refractivity (Wildman–Crippen MR) is 118 cm³/mol. The Bertz CT molecular complexity index is 1020. The summed E-state index contributed by atoms with van der Waals surface area (Å²) in [6.07, 6.45) is 0.399. The fourth-order valence-corrected chi connectivity index (χ4v) is 3.97. The van der Waals surface area contributed by atoms with Crippen LogP contribution in [0.25, 0.3) is 0 Å². The third kappa shape index (κ3) is 4.26. The number of nitrogens with one attached hydrogen (secondary N) is 1. The summed E-state index contributed by atoms with van der Waals surface area (Å²) in [5, 5.41) is 15.4. The molecule has 1 aliphatic rings. The topological polar surface area (TPSA) is 44.6 Å². The zero-order chi connectivity index (χ0) is 19.7. The summed E-state index contributed by atoms with van der Waals surface area (Å²) in [5.74, 6) is 0.257. The quantitative estimate of drug-likeness (QED) is 0.443. The molecule has 0 aromatic heterocycles. The highest BCUT2D eigenvalue weighted by Crippen LogP contribution is 2.36. The number of phenolic OH excluding ortho intramolecular Hbond substituents is 1. The van der Waals surface area contributed by atoms with Gasteiger partial charge in [0.1, 0.15) is 11.9 Å². The van der Waals surface area contributed by atoms with E-state index in [1.807, 2.05) is 60.7 Å². The summed E-state index contributed by atoms with van der Waals surface area (Å²) >= 11 is 15.6. The van der Waals surface area contributed by atoms with Gasteiger partial charge in [0.25, 0.3) is 0 Å². The van der Waals surface area contributed by atoms with Gasteiger partial charge in [-0.15, -0.1) is 0 Å². The van der Waals surface area contributed by atoms with Gasteiger partial charge in [-0.1, -0.05) is 63.4 Å². The largest absolute Gasteiger partial charge is 0.508 e. The third-order valence-electron chi connectivity index (χ3n) is 4.77. The molecule has 28 heavy (non-hydrogen) atoms. The van der Waals surface area contributed by atoms with Gasteiger partial charge in [-0.05, 0) is 53.6 Å². The van der Waals surface area contributed by atoms with Gasteiger partial charge in [0.05, 0.1) is 0 Å². The van der Waals surface area contributed by atoms with Crippen molar-refractivity contribution in [3.8, 4) is 5.75 Å². The Labute approximate surface area is 182 Å². The lowest BCUT2D eigenvalue weighted by Gasteiger charge is -2.31. The van der Waals surface area contributed by atoms with Crippen molar-refractivity contribution < 1.29 is 5.11 Å². The van der Waals surface area contributed by atoms with Crippen LogP contribution in [0.1, 0.15) is 35.3 Å². The maximum atomic E-state index is 10.4. The highest BCUT2D eigenvalue weighted by atomic mass is 79.9. The number of benzene rings is 3. The summed E-state index contributed by atoms with van der Waals surface area (Å²) in [5.41, 5.74) is 3.81. The van der Waals surface area contributed by atoms with Crippen LogP contribution in [0.5, 0.6) is 5.75 Å². The number of rotatable bonds is 3. The Morgan fingerprint density at radius 2 is 1.57 bits per heavy atom. The first kappa shape index (κ1) is 19.5. The number of aliphatic imine (C=N–C) groups is 1. The summed E-state index contributed by atoms with van der Waals surface area (Å²) in [6, 6.07) is 20.7. The maximum Gasteiger partial charge on any atom is 0.126 e. The highest BCUT2D eigenvalue weighted by Gasteiger charge is 2.27. The predicted octanol–water partition coefficient (Wildman–Crippen LogP) is 6.68. The molecule has 3 aromatic carbocycles. The first-order chi connectivity index (χ1) is 13.5. The van der Waals surface area contributed by atoms with Gasteiger partial charge < -0.3 is 5.11 Å². The van der Waals surface area contributed by atoms with Crippen molar-refractivity contribution in [2.75, 3.05) is 0 Å². The lowest BCUT2D eigenvalue weighted by molar-refractivity contribution is 0.412. The van der Waals surface area contributed by atoms with Crippen LogP contribution in [0.15, 0.2) is 76.2 Å². The smallest absolute Gasteiger partial charge is 0.126 e. The Morgan fingerprint density at radius 1 is 0.929 bits per heavy atom. The zero-order valence-corrected chi connectivity index (χ0v) is 17.8. The molecule has 2 N–H and O–H groups in total. The van der Waals surface area contributed by atoms with Gasteiger partial charge in [0.15, 0.2) is 0 Å². The zero-order valence-electron chi connectivity index (χ0n) is 14.7. The van der Waals surface area contributed by atoms with Gasteiger partial charge >= 0.3 is 0 Å². The van der Waals surface area contributed by atoms with Crippen LogP contribution in [0, 0.1) is 0 Å². The third-order valence-corrected chi connectivity index (χ3v) is 5.77. The van der Waals surface area contributed by atoms with E-state index in [-0.39, 0.29) is 18.0 Å². The fraction of sp³-hybridized carbons (Fsp3) is 0.136. The Kier molecular flexibility index (Phi) is 5.74. The van der Waals surface area contributed by atoms with E-state index < -0.39 is 0 Å². The minimum Gasteiger partial charge on any atom is -0.508 e. The van der Waals surface area contributed by atoms with Crippen LogP contribution < -0.4 is 5.32 Å². The van der Waals surface area contributed by atoms with Crippen LogP contribution in [0.3, 0.4) is 0 Å². The van der Waals surface area contributed by atoms with Crippen molar-refractivity contribution in [1.82, 2.24) is 5.32 Å². The van der Waals surface area contributed by atoms with E-state index in [9.17, 15) is 5.11 Å². The van der Waals surface area contributed by atoms with E-state index in [1.165, 1.54) is 0 Å². The lowest BCUT2D eigenvalue weighted by atomic mass is 9.93. The first-order valence-corrected chi connectivity index (χ1v) is 10.4. The number of hydrogen-bond donors (Lipinski definition) is 2. The average Bonchev–Trinajstić information content (AvgIpc) is 2.70. The molecular formula is C22H17BrCl2N2O. The van der Waals surface area contributed by atoms with E-state index >= 15 is 0 Å². The molecule has 1 aliphatic heterocycles. The van der Waals surface area contributed by atoms with Crippen LogP contribution in [0.4, 0.5) is 0 Å². The number of phenols is 1. The molecule has 3 nitrogen and oxygen atoms in total. The molecule has 6 heteroatoms. The molecule has 3 aromatic rings. The minimum atomic E-state index is -0.250. The minimum absolute atomic E-state index is 0.0960. The van der Waals surface area contributed by atoms with Crippen LogP contribution in [-0.4, -0.2) is 10.8 Å². The SMILES string of the molecule is Oc1ccc(Br)cc1[C@H]1CC(c2ccc(Cl)cc2)=N[C@H](c2ccc(Cl)cc2)N1. The molecule has 0 radical (unpaired) electrons. The molecule has 2 atom stereocenters. The number of hydrogen-bond acceptors (Lipinski definition) is 3. The van der Waals surface area contributed by atoms with E-state index in [0.717, 1.165) is 26.9 Å². The van der Waals surface area contributed by atoms with E-state index in [2.05, 4.69) is 21.2 Å². The van der Waals surface area contributed by atoms with E-state index in [4.69, 9.17) is 28.2 Å². The summed E-state index contributed by atoms with van der Waals surface area (Å²) < 4.78 is 0.917. The maximum absolute atomic E-state index is 10.4. The summed E-state index contributed by atoms with van der Waals surface area (Å²) in [6.45, 7) is 0. The molecule has 4 rings (SSSR count). The van der Waals surface area contributed by atoms with Crippen LogP contribution in [0.2, 0.25) is 10.0 Å². The number of aromatic hydroxyl groups is 1. The second-order valence-corrected chi connectivity index (χ2v) is 8.45. The Hall–Kier alpha value is -1.85. The van der Waals surface area contributed by atoms with Crippen molar-refractivity contribution in [2.45, 2.75) is 18.6 Å². The van der Waals surface area contributed by atoms with Gasteiger partial charge in [-0.25, -0.2) is 0 Å². The van der Waals surface area contributed by atoms with Gasteiger partial charge in [0, 0.05) is 38.3 Å². The molecule has 0 amide bonds. The molecule has 0 fully saturated rings. The van der Waals surface area contributed by atoms with Gasteiger partial charge in [-0.2, -0.15) is 0 Å². The second kappa shape index (κ2) is 8.26. The molecule has 0 saturated heterocycles. The number of nitrogens with zero attached hydrogens (tertiary/aromatic N) is 1. The Morgan fingerprint density at radius 3 is 2.25 bits per heavy atom. The van der Waals surface area contributed by atoms with Crippen molar-refractivity contribution in [1.29, 1.82) is 0 Å². The molecule has 0 saturated carbocycles. The van der Waals surface area contributed by atoms with Crippen molar-refractivity contribution in [3.05, 3.63) is 97.9 Å².